The summed E-state index contributed by atoms with van der Waals surface area (Å²) in [5.74, 6) is -0.699. The van der Waals surface area contributed by atoms with Gasteiger partial charge in [0.1, 0.15) is 5.78 Å². The number of hydrogen-bond donors (Lipinski definition) is 1. The van der Waals surface area contributed by atoms with E-state index in [1.807, 2.05) is 5.16 Å². The molecule has 0 fully saturated rings. The molecule has 0 radical (unpaired) electrons. The van der Waals surface area contributed by atoms with Gasteiger partial charge in [0, 0.05) is 0 Å². The lowest BCUT2D eigenvalue weighted by molar-refractivity contribution is -0.117. The normalized spacial score (nSPS) is 13.3. The maximum Gasteiger partial charge on any atom is 0.433 e. The van der Waals surface area contributed by atoms with E-state index in [1.54, 1.807) is 0 Å². The Morgan fingerprint density at radius 2 is 2.00 bits per heavy atom. The first-order chi connectivity index (χ1) is 4.88. The van der Waals surface area contributed by atoms with Gasteiger partial charge in [-0.15, -0.1) is 0 Å². The smallest absolute Gasteiger partial charge is 0.411 e. The van der Waals surface area contributed by atoms with Crippen LogP contribution in [0.4, 0.5) is 13.2 Å². The number of alkyl halides is 3. The molecule has 0 bridgehead atoms. The van der Waals surface area contributed by atoms with Gasteiger partial charge in [0.05, 0.1) is 6.42 Å². The van der Waals surface area contributed by atoms with Crippen molar-refractivity contribution in [2.24, 2.45) is 5.16 Å². The summed E-state index contributed by atoms with van der Waals surface area (Å²) in [6, 6.07) is 0. The molecule has 0 aliphatic rings. The van der Waals surface area contributed by atoms with Crippen molar-refractivity contribution in [1.82, 2.24) is 0 Å². The van der Waals surface area contributed by atoms with Crippen LogP contribution in [0.3, 0.4) is 0 Å². The average Bonchev–Trinajstić information content (AvgIpc) is 1.79. The lowest BCUT2D eigenvalue weighted by Gasteiger charge is -2.05. The van der Waals surface area contributed by atoms with Crippen molar-refractivity contribution < 1.29 is 23.2 Å². The Labute approximate surface area is 60.5 Å². The van der Waals surface area contributed by atoms with Crippen molar-refractivity contribution in [3.05, 3.63) is 0 Å². The van der Waals surface area contributed by atoms with Crippen LogP contribution in [0, 0.1) is 0 Å². The van der Waals surface area contributed by atoms with Gasteiger partial charge in [-0.3, -0.25) is 4.79 Å². The van der Waals surface area contributed by atoms with Crippen LogP contribution in [0.2, 0.25) is 0 Å². The number of rotatable bonds is 2. The molecule has 0 saturated carbocycles. The minimum absolute atomic E-state index is 0.699. The van der Waals surface area contributed by atoms with Gasteiger partial charge in [0.25, 0.3) is 0 Å². The average molecular weight is 169 g/mol. The number of halogens is 3. The standard InChI is InChI=1S/C5H6F3NO2/c1-3(10)2-4(9-11)5(6,7)8/h11H,2H2,1H3. The van der Waals surface area contributed by atoms with Crippen molar-refractivity contribution >= 4 is 11.5 Å². The first-order valence-electron chi connectivity index (χ1n) is 2.65. The first-order valence-corrected chi connectivity index (χ1v) is 2.65. The molecule has 0 unspecified atom stereocenters. The van der Waals surface area contributed by atoms with Crippen LogP contribution >= 0.6 is 0 Å². The zero-order valence-electron chi connectivity index (χ0n) is 5.64. The third-order valence-corrected chi connectivity index (χ3v) is 0.864. The molecule has 0 amide bonds. The monoisotopic (exact) mass is 169 g/mol. The van der Waals surface area contributed by atoms with Crippen molar-refractivity contribution in [3.63, 3.8) is 0 Å². The van der Waals surface area contributed by atoms with Gasteiger partial charge < -0.3 is 5.21 Å². The van der Waals surface area contributed by atoms with Crippen LogP contribution in [0.25, 0.3) is 0 Å². The molecule has 1 N–H and O–H groups in total. The molecule has 0 aliphatic carbocycles. The molecular weight excluding hydrogens is 163 g/mol. The number of carbonyl (C=O) groups is 1. The molecule has 0 atom stereocenters. The molecular formula is C5H6F3NO2. The van der Waals surface area contributed by atoms with Crippen LogP contribution in [0.1, 0.15) is 13.3 Å². The minimum Gasteiger partial charge on any atom is -0.411 e. The largest absolute Gasteiger partial charge is 0.433 e. The van der Waals surface area contributed by atoms with Crippen LogP contribution in [0.15, 0.2) is 5.16 Å². The highest BCUT2D eigenvalue weighted by atomic mass is 19.4. The molecule has 0 spiro atoms. The highest BCUT2D eigenvalue weighted by Crippen LogP contribution is 2.19. The van der Waals surface area contributed by atoms with E-state index in [-0.39, 0.29) is 0 Å². The van der Waals surface area contributed by atoms with E-state index in [4.69, 9.17) is 5.21 Å². The molecule has 0 saturated heterocycles. The minimum atomic E-state index is -4.72. The molecule has 0 heterocycles. The molecule has 11 heavy (non-hydrogen) atoms. The fourth-order valence-corrected chi connectivity index (χ4v) is 0.428. The van der Waals surface area contributed by atoms with Crippen LogP contribution in [0.5, 0.6) is 0 Å². The number of nitrogens with zero attached hydrogens (tertiary/aromatic N) is 1. The van der Waals surface area contributed by atoms with Crippen molar-refractivity contribution in [3.8, 4) is 0 Å². The van der Waals surface area contributed by atoms with Gasteiger partial charge in [-0.2, -0.15) is 13.2 Å². The second-order valence-electron chi connectivity index (χ2n) is 1.92. The Kier molecular flexibility index (Phi) is 3.03. The number of ketones is 1. The van der Waals surface area contributed by atoms with Gasteiger partial charge in [0.15, 0.2) is 5.71 Å². The van der Waals surface area contributed by atoms with E-state index in [0.29, 0.717) is 0 Å². The first kappa shape index (κ1) is 9.93. The van der Waals surface area contributed by atoms with Gasteiger partial charge >= 0.3 is 6.18 Å². The Balaban J connectivity index is 4.33. The number of Topliss-reactive ketones (excluding diaryl/α,β-unsaturated/α-hetero) is 1. The van der Waals surface area contributed by atoms with Gasteiger partial charge in [-0.25, -0.2) is 0 Å². The van der Waals surface area contributed by atoms with Crippen LogP contribution in [-0.4, -0.2) is 22.9 Å². The summed E-state index contributed by atoms with van der Waals surface area (Å²) < 4.78 is 34.9. The van der Waals surface area contributed by atoms with E-state index >= 15 is 0 Å². The highest BCUT2D eigenvalue weighted by molar-refractivity contribution is 6.03. The maximum absolute atomic E-state index is 11.6. The van der Waals surface area contributed by atoms with Crippen molar-refractivity contribution in [2.45, 2.75) is 19.5 Å². The van der Waals surface area contributed by atoms with E-state index in [9.17, 15) is 18.0 Å². The molecule has 0 aromatic rings. The summed E-state index contributed by atoms with van der Waals surface area (Å²) in [6.07, 6.45) is -5.61. The zero-order chi connectivity index (χ0) is 9.07. The second-order valence-corrected chi connectivity index (χ2v) is 1.92. The van der Waals surface area contributed by atoms with Crippen molar-refractivity contribution in [1.29, 1.82) is 0 Å². The Morgan fingerprint density at radius 3 is 2.09 bits per heavy atom. The molecule has 0 aliphatic heterocycles. The SMILES string of the molecule is CC(=O)CC(=NO)C(F)(F)F. The molecule has 0 rings (SSSR count). The summed E-state index contributed by atoms with van der Waals surface area (Å²) in [5, 5.41) is 9.80. The zero-order valence-corrected chi connectivity index (χ0v) is 5.64. The summed E-state index contributed by atoms with van der Waals surface area (Å²) in [5.41, 5.74) is -1.47. The van der Waals surface area contributed by atoms with E-state index in [1.165, 1.54) is 0 Å². The number of oxime groups is 1. The van der Waals surface area contributed by atoms with Gasteiger partial charge in [0.2, 0.25) is 0 Å². The van der Waals surface area contributed by atoms with Crippen LogP contribution in [-0.2, 0) is 4.79 Å². The van der Waals surface area contributed by atoms with Crippen LogP contribution < -0.4 is 0 Å². The summed E-state index contributed by atoms with van der Waals surface area (Å²) in [4.78, 5) is 10.2. The predicted molar refractivity (Wildman–Crippen MR) is 30.6 cm³/mol. The fourth-order valence-electron chi connectivity index (χ4n) is 0.428. The lowest BCUT2D eigenvalue weighted by atomic mass is 10.2. The topological polar surface area (TPSA) is 49.7 Å². The van der Waals surface area contributed by atoms with E-state index in [2.05, 4.69) is 0 Å². The number of carbonyl (C=O) groups excluding carboxylic acids is 1. The number of hydrogen-bond acceptors (Lipinski definition) is 3. The maximum atomic E-state index is 11.6. The van der Waals surface area contributed by atoms with Crippen molar-refractivity contribution in [2.75, 3.05) is 0 Å². The summed E-state index contributed by atoms with van der Waals surface area (Å²) >= 11 is 0. The Hall–Kier alpha value is -1.07. The third kappa shape index (κ3) is 3.59. The third-order valence-electron chi connectivity index (χ3n) is 0.864. The predicted octanol–water partition coefficient (Wildman–Crippen LogP) is 1.36. The Bertz CT molecular complexity index is 185. The highest BCUT2D eigenvalue weighted by Gasteiger charge is 2.36. The Morgan fingerprint density at radius 1 is 1.55 bits per heavy atom. The fraction of sp³-hybridized carbons (Fsp3) is 0.600. The lowest BCUT2D eigenvalue weighted by Crippen LogP contribution is -2.24. The summed E-state index contributed by atoms with van der Waals surface area (Å²) in [6.45, 7) is 0.983. The van der Waals surface area contributed by atoms with E-state index in [0.717, 1.165) is 6.92 Å². The van der Waals surface area contributed by atoms with Gasteiger partial charge in [-0.1, -0.05) is 5.16 Å². The second kappa shape index (κ2) is 3.36. The summed E-state index contributed by atoms with van der Waals surface area (Å²) in [7, 11) is 0. The molecule has 6 heteroatoms. The molecule has 0 aromatic carbocycles. The molecule has 3 nitrogen and oxygen atoms in total. The molecule has 0 aromatic heterocycles. The van der Waals surface area contributed by atoms with E-state index < -0.39 is 24.1 Å². The quantitative estimate of drug-likeness (QED) is 0.385. The molecule has 64 valence electrons. The van der Waals surface area contributed by atoms with Gasteiger partial charge in [-0.05, 0) is 6.92 Å².